The van der Waals surface area contributed by atoms with E-state index >= 15 is 0 Å². The molecule has 35 heavy (non-hydrogen) atoms. The van der Waals surface area contributed by atoms with Gasteiger partial charge < -0.3 is 9.47 Å². The molecule has 0 N–H and O–H groups in total. The van der Waals surface area contributed by atoms with Crippen molar-refractivity contribution in [2.75, 3.05) is 13.7 Å². The summed E-state index contributed by atoms with van der Waals surface area (Å²) in [6.45, 7) is 0.948. The minimum Gasteiger partial charge on any atom is -0.493 e. The van der Waals surface area contributed by atoms with Crippen LogP contribution < -0.4 is 9.47 Å². The molecule has 2 aliphatic rings. The smallest absolute Gasteiger partial charge is 0.293 e. The van der Waals surface area contributed by atoms with Crippen molar-refractivity contribution in [1.82, 2.24) is 4.90 Å². The molecule has 2 amide bonds. The maximum absolute atomic E-state index is 12.9. The highest BCUT2D eigenvalue weighted by atomic mass is 32.2. The first-order chi connectivity index (χ1) is 17.1. The van der Waals surface area contributed by atoms with Crippen LogP contribution >= 0.6 is 11.8 Å². The monoisotopic (exact) mass is 487 g/mol. The summed E-state index contributed by atoms with van der Waals surface area (Å²) in [4.78, 5) is 27.4. The van der Waals surface area contributed by atoms with E-state index in [1.807, 2.05) is 36.4 Å². The third kappa shape index (κ3) is 5.22. The Balaban J connectivity index is 1.30. The van der Waals surface area contributed by atoms with E-state index in [1.54, 1.807) is 13.2 Å². The van der Waals surface area contributed by atoms with Crippen LogP contribution in [-0.2, 0) is 11.4 Å². The number of amides is 2. The van der Waals surface area contributed by atoms with Crippen LogP contribution in [0.3, 0.4) is 0 Å². The van der Waals surface area contributed by atoms with Crippen molar-refractivity contribution in [3.63, 3.8) is 0 Å². The zero-order valence-corrected chi connectivity index (χ0v) is 20.7. The number of methoxy groups -OCH3 is 1. The Labute approximate surface area is 210 Å². The molecular formula is C29H29NO4S. The van der Waals surface area contributed by atoms with E-state index in [0.29, 0.717) is 35.5 Å². The standard InChI is InChI=1S/C29H29NO4S/c1-33-26-16-21(17-27-28(31)30(29(32)35-27)18-20-8-3-2-4-9-20)14-15-25(26)34-19-23-12-7-11-22-10-5-6-13-24(22)23/h5-7,10-17,20H,2-4,8-9,18-19H2,1H3/b27-17+. The van der Waals surface area contributed by atoms with Gasteiger partial charge in [-0.3, -0.25) is 14.5 Å². The van der Waals surface area contributed by atoms with Gasteiger partial charge in [0.25, 0.3) is 11.1 Å². The fourth-order valence-corrected chi connectivity index (χ4v) is 5.75. The van der Waals surface area contributed by atoms with Gasteiger partial charge in [0.15, 0.2) is 11.5 Å². The van der Waals surface area contributed by atoms with Crippen LogP contribution in [0.4, 0.5) is 4.79 Å². The molecular weight excluding hydrogens is 458 g/mol. The maximum atomic E-state index is 12.9. The minimum absolute atomic E-state index is 0.172. The number of fused-ring (bicyclic) bond motifs is 1. The second-order valence-corrected chi connectivity index (χ2v) is 10.1. The van der Waals surface area contributed by atoms with Gasteiger partial charge in [-0.15, -0.1) is 0 Å². The first-order valence-electron chi connectivity index (χ1n) is 12.2. The van der Waals surface area contributed by atoms with Crippen molar-refractivity contribution < 1.29 is 19.1 Å². The van der Waals surface area contributed by atoms with E-state index in [4.69, 9.17) is 9.47 Å². The van der Waals surface area contributed by atoms with Crippen molar-refractivity contribution in [1.29, 1.82) is 0 Å². The van der Waals surface area contributed by atoms with Crippen LogP contribution in [0, 0.1) is 5.92 Å². The number of thioether (sulfide) groups is 1. The van der Waals surface area contributed by atoms with Gasteiger partial charge >= 0.3 is 0 Å². The van der Waals surface area contributed by atoms with Gasteiger partial charge in [0, 0.05) is 6.54 Å². The van der Waals surface area contributed by atoms with Crippen LogP contribution in [0.2, 0.25) is 0 Å². The molecule has 0 atom stereocenters. The molecule has 5 nitrogen and oxygen atoms in total. The maximum Gasteiger partial charge on any atom is 0.293 e. The fraction of sp³-hybridized carbons (Fsp3) is 0.310. The number of rotatable bonds is 7. The first-order valence-corrected chi connectivity index (χ1v) is 13.0. The molecule has 1 aliphatic heterocycles. The zero-order valence-electron chi connectivity index (χ0n) is 19.9. The molecule has 3 aromatic rings. The van der Waals surface area contributed by atoms with E-state index in [-0.39, 0.29) is 11.1 Å². The molecule has 1 saturated carbocycles. The lowest BCUT2D eigenvalue weighted by atomic mass is 9.89. The van der Waals surface area contributed by atoms with E-state index < -0.39 is 0 Å². The van der Waals surface area contributed by atoms with Gasteiger partial charge in [0.2, 0.25) is 0 Å². The average Bonchev–Trinajstić information content (AvgIpc) is 3.15. The average molecular weight is 488 g/mol. The van der Waals surface area contributed by atoms with Crippen molar-refractivity contribution in [3.05, 3.63) is 76.7 Å². The molecule has 1 heterocycles. The Hall–Kier alpha value is -3.25. The highest BCUT2D eigenvalue weighted by Crippen LogP contribution is 2.36. The number of benzene rings is 3. The Kier molecular flexibility index (Phi) is 7.09. The molecule has 180 valence electrons. The van der Waals surface area contributed by atoms with Crippen LogP contribution in [-0.4, -0.2) is 29.7 Å². The first kappa shape index (κ1) is 23.5. The van der Waals surface area contributed by atoms with E-state index in [1.165, 1.54) is 29.5 Å². The van der Waals surface area contributed by atoms with Gasteiger partial charge in [-0.1, -0.05) is 67.8 Å². The van der Waals surface area contributed by atoms with E-state index in [0.717, 1.165) is 41.1 Å². The van der Waals surface area contributed by atoms with Gasteiger partial charge in [-0.2, -0.15) is 0 Å². The van der Waals surface area contributed by atoms with Crippen molar-refractivity contribution >= 4 is 39.8 Å². The highest BCUT2D eigenvalue weighted by Gasteiger charge is 2.36. The summed E-state index contributed by atoms with van der Waals surface area (Å²) >= 11 is 1.02. The molecule has 1 saturated heterocycles. The molecule has 0 spiro atoms. The highest BCUT2D eigenvalue weighted by molar-refractivity contribution is 8.18. The van der Waals surface area contributed by atoms with Crippen molar-refractivity contribution in [3.8, 4) is 11.5 Å². The summed E-state index contributed by atoms with van der Waals surface area (Å²) in [5, 5.41) is 2.16. The number of imide groups is 1. The fourth-order valence-electron chi connectivity index (χ4n) is 4.90. The zero-order chi connectivity index (χ0) is 24.2. The Bertz CT molecular complexity index is 1270. The van der Waals surface area contributed by atoms with E-state index in [2.05, 4.69) is 24.3 Å². The van der Waals surface area contributed by atoms with Gasteiger partial charge in [0.1, 0.15) is 6.61 Å². The Morgan fingerprint density at radius 2 is 1.77 bits per heavy atom. The third-order valence-electron chi connectivity index (χ3n) is 6.79. The minimum atomic E-state index is -0.194. The molecule has 1 aliphatic carbocycles. The van der Waals surface area contributed by atoms with Crippen LogP contribution in [0.25, 0.3) is 16.8 Å². The summed E-state index contributed by atoms with van der Waals surface area (Å²) in [5.41, 5.74) is 1.89. The largest absolute Gasteiger partial charge is 0.493 e. The second-order valence-electron chi connectivity index (χ2n) is 9.13. The molecule has 3 aromatic carbocycles. The quantitative estimate of drug-likeness (QED) is 0.334. The third-order valence-corrected chi connectivity index (χ3v) is 7.70. The lowest BCUT2D eigenvalue weighted by Crippen LogP contribution is -2.34. The summed E-state index contributed by atoms with van der Waals surface area (Å²) in [7, 11) is 1.60. The normalized spacial score (nSPS) is 18.0. The van der Waals surface area contributed by atoms with Crippen molar-refractivity contribution in [2.24, 2.45) is 5.92 Å². The van der Waals surface area contributed by atoms with Crippen LogP contribution in [0.5, 0.6) is 11.5 Å². The summed E-state index contributed by atoms with van der Waals surface area (Å²) in [5.74, 6) is 1.44. The molecule has 2 fully saturated rings. The number of nitrogens with zero attached hydrogens (tertiary/aromatic N) is 1. The second kappa shape index (κ2) is 10.6. The van der Waals surface area contributed by atoms with Crippen molar-refractivity contribution in [2.45, 2.75) is 38.7 Å². The van der Waals surface area contributed by atoms with E-state index in [9.17, 15) is 9.59 Å². The molecule has 6 heteroatoms. The number of hydrogen-bond donors (Lipinski definition) is 0. The molecule has 0 bridgehead atoms. The predicted molar refractivity (Wildman–Crippen MR) is 141 cm³/mol. The SMILES string of the molecule is COc1cc(/C=C2/SC(=O)N(CC3CCCCC3)C2=O)ccc1OCc1cccc2ccccc12. The Morgan fingerprint density at radius 3 is 2.60 bits per heavy atom. The number of carbonyl (C=O) groups is 2. The van der Waals surface area contributed by atoms with Crippen LogP contribution in [0.15, 0.2) is 65.6 Å². The van der Waals surface area contributed by atoms with Gasteiger partial charge in [-0.25, -0.2) is 0 Å². The molecule has 5 rings (SSSR count). The number of carbonyl (C=O) groups excluding carboxylic acids is 2. The predicted octanol–water partition coefficient (Wildman–Crippen LogP) is 7.04. The molecule has 0 aromatic heterocycles. The number of ether oxygens (including phenoxy) is 2. The number of hydrogen-bond acceptors (Lipinski definition) is 5. The summed E-state index contributed by atoms with van der Waals surface area (Å²) in [6.07, 6.45) is 7.58. The summed E-state index contributed by atoms with van der Waals surface area (Å²) in [6, 6.07) is 20.0. The van der Waals surface area contributed by atoms with Gasteiger partial charge in [-0.05, 0) is 70.6 Å². The molecule has 0 unspecified atom stereocenters. The van der Waals surface area contributed by atoms with Crippen LogP contribution in [0.1, 0.15) is 43.2 Å². The topological polar surface area (TPSA) is 55.8 Å². The molecule has 0 radical (unpaired) electrons. The summed E-state index contributed by atoms with van der Waals surface area (Å²) < 4.78 is 11.7. The Morgan fingerprint density at radius 1 is 0.971 bits per heavy atom. The lowest BCUT2D eigenvalue weighted by molar-refractivity contribution is -0.123. The lowest BCUT2D eigenvalue weighted by Gasteiger charge is -2.25. The van der Waals surface area contributed by atoms with Gasteiger partial charge in [0.05, 0.1) is 12.0 Å².